The van der Waals surface area contributed by atoms with Crippen molar-refractivity contribution in [2.45, 2.75) is 12.8 Å². The van der Waals surface area contributed by atoms with E-state index in [1.54, 1.807) is 46.0 Å². The molecule has 6 nitrogen and oxygen atoms in total. The standard InChI is InChI=1S/C28H23Cl2FN4O2/c29-21-10-8-20(9-11-21)27(37)34(15-18-6-7-18)17-26(36)33-28-32-25(19-4-2-1-3-5-19)16-35(28)22-12-13-24(31)23(30)14-22/h1-5,8-14,16,18H,6-7,15,17H2,(H,32,33,36). The number of amides is 2. The molecule has 1 saturated carbocycles. The zero-order valence-corrected chi connectivity index (χ0v) is 21.2. The number of hydrogen-bond donors (Lipinski definition) is 1. The predicted octanol–water partition coefficient (Wildman–Crippen LogP) is 6.48. The first-order valence-electron chi connectivity index (χ1n) is 11.8. The van der Waals surface area contributed by atoms with E-state index in [0.717, 1.165) is 18.4 Å². The lowest BCUT2D eigenvalue weighted by Crippen LogP contribution is -2.39. The van der Waals surface area contributed by atoms with Crippen molar-refractivity contribution < 1.29 is 14.0 Å². The average molecular weight is 537 g/mol. The number of halogens is 3. The van der Waals surface area contributed by atoms with Crippen LogP contribution in [0, 0.1) is 11.7 Å². The van der Waals surface area contributed by atoms with E-state index in [9.17, 15) is 14.0 Å². The van der Waals surface area contributed by atoms with Gasteiger partial charge in [0.1, 0.15) is 12.4 Å². The Labute approximate surface area is 223 Å². The van der Waals surface area contributed by atoms with E-state index < -0.39 is 11.7 Å². The van der Waals surface area contributed by atoms with E-state index in [1.807, 2.05) is 30.3 Å². The number of benzene rings is 3. The molecule has 0 saturated heterocycles. The average Bonchev–Trinajstić information content (AvgIpc) is 3.62. The Morgan fingerprint density at radius 3 is 2.43 bits per heavy atom. The van der Waals surface area contributed by atoms with Gasteiger partial charge in [0.15, 0.2) is 0 Å². The van der Waals surface area contributed by atoms with Crippen LogP contribution in [-0.2, 0) is 4.79 Å². The fourth-order valence-electron chi connectivity index (χ4n) is 3.99. The monoisotopic (exact) mass is 536 g/mol. The van der Waals surface area contributed by atoms with Crippen LogP contribution in [0.2, 0.25) is 10.0 Å². The summed E-state index contributed by atoms with van der Waals surface area (Å²) >= 11 is 12.0. The van der Waals surface area contributed by atoms with Gasteiger partial charge in [-0.2, -0.15) is 0 Å². The number of nitrogens with zero attached hydrogens (tertiary/aromatic N) is 3. The lowest BCUT2D eigenvalue weighted by molar-refractivity contribution is -0.117. The second-order valence-electron chi connectivity index (χ2n) is 8.97. The van der Waals surface area contributed by atoms with Crippen molar-refractivity contribution in [3.63, 3.8) is 0 Å². The van der Waals surface area contributed by atoms with E-state index in [4.69, 9.17) is 23.2 Å². The van der Waals surface area contributed by atoms with Crippen LogP contribution in [0.25, 0.3) is 16.9 Å². The highest BCUT2D eigenvalue weighted by Gasteiger charge is 2.29. The number of nitrogens with one attached hydrogen (secondary N) is 1. The van der Waals surface area contributed by atoms with Gasteiger partial charge in [0, 0.05) is 28.9 Å². The zero-order valence-electron chi connectivity index (χ0n) is 19.7. The summed E-state index contributed by atoms with van der Waals surface area (Å²) in [6.45, 7) is 0.349. The molecule has 188 valence electrons. The highest BCUT2D eigenvalue weighted by atomic mass is 35.5. The van der Waals surface area contributed by atoms with Crippen molar-refractivity contribution >= 4 is 41.0 Å². The molecule has 0 bridgehead atoms. The molecule has 4 aromatic rings. The maximum absolute atomic E-state index is 13.8. The van der Waals surface area contributed by atoms with Gasteiger partial charge in [-0.3, -0.25) is 19.5 Å². The number of hydrogen-bond acceptors (Lipinski definition) is 3. The van der Waals surface area contributed by atoms with Gasteiger partial charge < -0.3 is 4.90 Å². The summed E-state index contributed by atoms with van der Waals surface area (Å²) in [7, 11) is 0. The highest BCUT2D eigenvalue weighted by molar-refractivity contribution is 6.31. The van der Waals surface area contributed by atoms with Crippen molar-refractivity contribution in [3.05, 3.63) is 100 Å². The van der Waals surface area contributed by atoms with Gasteiger partial charge in [0.25, 0.3) is 5.91 Å². The molecule has 1 aliphatic carbocycles. The van der Waals surface area contributed by atoms with Gasteiger partial charge in [-0.05, 0) is 61.2 Å². The van der Waals surface area contributed by atoms with Crippen LogP contribution in [0.5, 0.6) is 0 Å². The summed E-state index contributed by atoms with van der Waals surface area (Å²) < 4.78 is 15.5. The van der Waals surface area contributed by atoms with Gasteiger partial charge in [-0.25, -0.2) is 9.37 Å². The summed E-state index contributed by atoms with van der Waals surface area (Å²) in [6, 6.07) is 20.4. The maximum atomic E-state index is 13.8. The first-order chi connectivity index (χ1) is 17.9. The Morgan fingerprint density at radius 2 is 1.76 bits per heavy atom. The van der Waals surface area contributed by atoms with Crippen LogP contribution in [0.3, 0.4) is 0 Å². The molecule has 0 aliphatic heterocycles. The third-order valence-corrected chi connectivity index (χ3v) is 6.64. The van der Waals surface area contributed by atoms with Gasteiger partial charge in [-0.1, -0.05) is 53.5 Å². The minimum atomic E-state index is -0.546. The van der Waals surface area contributed by atoms with Crippen LogP contribution >= 0.6 is 23.2 Å². The minimum Gasteiger partial charge on any atom is -0.329 e. The fraction of sp³-hybridized carbons (Fsp3) is 0.179. The zero-order chi connectivity index (χ0) is 25.9. The molecule has 1 aliphatic rings. The second kappa shape index (κ2) is 10.7. The Balaban J connectivity index is 1.41. The summed E-state index contributed by atoms with van der Waals surface area (Å²) in [5, 5.41) is 3.32. The van der Waals surface area contributed by atoms with E-state index in [-0.39, 0.29) is 23.4 Å². The largest absolute Gasteiger partial charge is 0.329 e. The summed E-state index contributed by atoms with van der Waals surface area (Å²) in [5.41, 5.74) is 2.46. The molecule has 5 rings (SSSR count). The Hall–Kier alpha value is -3.68. The molecule has 2 amide bonds. The second-order valence-corrected chi connectivity index (χ2v) is 9.81. The fourth-order valence-corrected chi connectivity index (χ4v) is 4.29. The van der Waals surface area contributed by atoms with Crippen LogP contribution < -0.4 is 5.32 Å². The normalized spacial score (nSPS) is 12.8. The number of rotatable bonds is 8. The molecule has 0 radical (unpaired) electrons. The van der Waals surface area contributed by atoms with Gasteiger partial charge in [0.05, 0.1) is 16.4 Å². The molecule has 0 unspecified atom stereocenters. The minimum absolute atomic E-state index is 0.0473. The first kappa shape index (κ1) is 25.0. The molecule has 1 N–H and O–H groups in total. The van der Waals surface area contributed by atoms with E-state index >= 15 is 0 Å². The van der Waals surface area contributed by atoms with E-state index in [1.165, 1.54) is 12.1 Å². The third kappa shape index (κ3) is 6.01. The molecule has 1 aromatic heterocycles. The number of aromatic nitrogens is 2. The Kier molecular flexibility index (Phi) is 7.26. The highest BCUT2D eigenvalue weighted by Crippen LogP contribution is 2.30. The molecule has 0 spiro atoms. The number of carbonyl (C=O) groups excluding carboxylic acids is 2. The Morgan fingerprint density at radius 1 is 1.03 bits per heavy atom. The van der Waals surface area contributed by atoms with Crippen molar-refractivity contribution in [3.8, 4) is 16.9 Å². The summed E-state index contributed by atoms with van der Waals surface area (Å²) in [6.07, 6.45) is 3.81. The molecular formula is C28H23Cl2FN4O2. The molecular weight excluding hydrogens is 514 g/mol. The van der Waals surface area contributed by atoms with Crippen molar-refractivity contribution in [2.24, 2.45) is 5.92 Å². The van der Waals surface area contributed by atoms with E-state index in [2.05, 4.69) is 10.3 Å². The van der Waals surface area contributed by atoms with Crippen LogP contribution in [0.4, 0.5) is 10.3 Å². The number of anilines is 1. The molecule has 3 aromatic carbocycles. The van der Waals surface area contributed by atoms with E-state index in [0.29, 0.717) is 34.4 Å². The quantitative estimate of drug-likeness (QED) is 0.280. The van der Waals surface area contributed by atoms with Gasteiger partial charge >= 0.3 is 0 Å². The van der Waals surface area contributed by atoms with Gasteiger partial charge in [0.2, 0.25) is 11.9 Å². The van der Waals surface area contributed by atoms with Crippen LogP contribution in [0.1, 0.15) is 23.2 Å². The first-order valence-corrected chi connectivity index (χ1v) is 12.6. The summed E-state index contributed by atoms with van der Waals surface area (Å²) in [5.74, 6) is -0.565. The van der Waals surface area contributed by atoms with Crippen molar-refractivity contribution in [1.82, 2.24) is 14.5 Å². The Bertz CT molecular complexity index is 1440. The smallest absolute Gasteiger partial charge is 0.254 e. The van der Waals surface area contributed by atoms with Crippen molar-refractivity contribution in [2.75, 3.05) is 18.4 Å². The number of imidazole rings is 1. The van der Waals surface area contributed by atoms with Gasteiger partial charge in [-0.15, -0.1) is 0 Å². The molecule has 9 heteroatoms. The number of carbonyl (C=O) groups is 2. The van der Waals surface area contributed by atoms with Crippen molar-refractivity contribution in [1.29, 1.82) is 0 Å². The summed E-state index contributed by atoms with van der Waals surface area (Å²) in [4.78, 5) is 32.6. The molecule has 37 heavy (non-hydrogen) atoms. The SMILES string of the molecule is O=C(CN(CC1CC1)C(=O)c1ccc(Cl)cc1)Nc1nc(-c2ccccc2)cn1-c1ccc(F)c(Cl)c1. The van der Waals surface area contributed by atoms with Crippen LogP contribution in [0.15, 0.2) is 79.0 Å². The van der Waals surface area contributed by atoms with Crippen LogP contribution in [-0.4, -0.2) is 39.4 Å². The molecule has 1 heterocycles. The molecule has 1 fully saturated rings. The predicted molar refractivity (Wildman–Crippen MR) is 143 cm³/mol. The lowest BCUT2D eigenvalue weighted by Gasteiger charge is -2.22. The maximum Gasteiger partial charge on any atom is 0.254 e. The molecule has 0 atom stereocenters. The topological polar surface area (TPSA) is 67.2 Å². The third-order valence-electron chi connectivity index (χ3n) is 6.10. The lowest BCUT2D eigenvalue weighted by atomic mass is 10.2.